The van der Waals surface area contributed by atoms with Crippen LogP contribution >= 0.6 is 23.1 Å². The molecule has 0 aliphatic rings. The van der Waals surface area contributed by atoms with E-state index in [4.69, 9.17) is 0 Å². The van der Waals surface area contributed by atoms with Crippen LogP contribution in [0.1, 0.15) is 26.2 Å². The molecule has 1 unspecified atom stereocenters. The summed E-state index contributed by atoms with van der Waals surface area (Å²) in [5.41, 5.74) is -0.147. The zero-order valence-electron chi connectivity index (χ0n) is 12.1. The second kappa shape index (κ2) is 8.04. The van der Waals surface area contributed by atoms with Crippen LogP contribution in [0.3, 0.4) is 0 Å². The molecule has 0 saturated heterocycles. The highest BCUT2D eigenvalue weighted by Crippen LogP contribution is 2.27. The summed E-state index contributed by atoms with van der Waals surface area (Å²) in [5.74, 6) is 1.05. The van der Waals surface area contributed by atoms with Crippen LogP contribution in [0.4, 0.5) is 5.13 Å². The molecule has 7 heteroatoms. The lowest BCUT2D eigenvalue weighted by molar-refractivity contribution is 0.171. The maximum atomic E-state index is 9.29. The molecule has 1 heterocycles. The van der Waals surface area contributed by atoms with E-state index in [2.05, 4.69) is 15.5 Å². The molecule has 110 valence electrons. The predicted molar refractivity (Wildman–Crippen MR) is 83.4 cm³/mol. The van der Waals surface area contributed by atoms with Gasteiger partial charge in [-0.1, -0.05) is 29.5 Å². The standard InChI is InChI=1S/C12H24N4OS2/c1-12(9-17,13-2)7-5-6-8-18-11-15-14-10(19-11)16(3)4/h13,17H,5-9H2,1-4H3. The third-order valence-electron chi connectivity index (χ3n) is 3.08. The fourth-order valence-corrected chi connectivity index (χ4v) is 3.33. The second-order valence-corrected chi connectivity index (χ2v) is 7.32. The molecule has 0 aromatic carbocycles. The Bertz CT molecular complexity index is 366. The summed E-state index contributed by atoms with van der Waals surface area (Å²) in [6, 6.07) is 0. The number of thioether (sulfide) groups is 1. The molecule has 0 aliphatic heterocycles. The van der Waals surface area contributed by atoms with Gasteiger partial charge in [0.25, 0.3) is 0 Å². The Morgan fingerprint density at radius 1 is 1.37 bits per heavy atom. The van der Waals surface area contributed by atoms with Crippen LogP contribution < -0.4 is 10.2 Å². The van der Waals surface area contributed by atoms with Gasteiger partial charge in [-0.2, -0.15) is 0 Å². The molecule has 0 amide bonds. The van der Waals surface area contributed by atoms with Crippen molar-refractivity contribution in [2.45, 2.75) is 36.1 Å². The Kier molecular flexibility index (Phi) is 7.06. The molecule has 0 bridgehead atoms. The average Bonchev–Trinajstić information content (AvgIpc) is 2.87. The number of hydrogen-bond acceptors (Lipinski definition) is 7. The smallest absolute Gasteiger partial charge is 0.208 e. The summed E-state index contributed by atoms with van der Waals surface area (Å²) >= 11 is 3.39. The van der Waals surface area contributed by atoms with Gasteiger partial charge in [0.1, 0.15) is 0 Å². The number of unbranched alkanes of at least 4 members (excludes halogenated alkanes) is 1. The minimum atomic E-state index is -0.147. The van der Waals surface area contributed by atoms with Crippen LogP contribution in [0.15, 0.2) is 4.34 Å². The fraction of sp³-hybridized carbons (Fsp3) is 0.833. The van der Waals surface area contributed by atoms with Crippen molar-refractivity contribution < 1.29 is 5.11 Å². The molecule has 0 spiro atoms. The van der Waals surface area contributed by atoms with E-state index in [1.165, 1.54) is 0 Å². The maximum absolute atomic E-state index is 9.29. The Morgan fingerprint density at radius 3 is 2.63 bits per heavy atom. The summed E-state index contributed by atoms with van der Waals surface area (Å²) in [6.07, 6.45) is 3.21. The largest absolute Gasteiger partial charge is 0.394 e. The first-order valence-corrected chi connectivity index (χ1v) is 8.24. The number of aromatic nitrogens is 2. The van der Waals surface area contributed by atoms with E-state index in [-0.39, 0.29) is 12.1 Å². The summed E-state index contributed by atoms with van der Waals surface area (Å²) in [7, 11) is 5.85. The molecule has 2 N–H and O–H groups in total. The number of nitrogens with one attached hydrogen (secondary N) is 1. The molecule has 19 heavy (non-hydrogen) atoms. The van der Waals surface area contributed by atoms with E-state index in [9.17, 15) is 5.11 Å². The van der Waals surface area contributed by atoms with Crippen molar-refractivity contribution in [1.29, 1.82) is 0 Å². The van der Waals surface area contributed by atoms with Gasteiger partial charge in [0.05, 0.1) is 6.61 Å². The first kappa shape index (κ1) is 16.7. The van der Waals surface area contributed by atoms with Gasteiger partial charge in [-0.25, -0.2) is 0 Å². The Labute approximate surface area is 123 Å². The highest BCUT2D eigenvalue weighted by atomic mass is 32.2. The number of nitrogens with zero attached hydrogens (tertiary/aromatic N) is 3. The van der Waals surface area contributed by atoms with Crippen molar-refractivity contribution in [1.82, 2.24) is 15.5 Å². The first-order valence-electron chi connectivity index (χ1n) is 6.44. The number of aliphatic hydroxyl groups excluding tert-OH is 1. The van der Waals surface area contributed by atoms with Gasteiger partial charge in [0.15, 0.2) is 4.34 Å². The maximum Gasteiger partial charge on any atom is 0.208 e. The lowest BCUT2D eigenvalue weighted by Crippen LogP contribution is -2.43. The van der Waals surface area contributed by atoms with E-state index in [1.54, 1.807) is 23.1 Å². The van der Waals surface area contributed by atoms with E-state index in [0.717, 1.165) is 34.5 Å². The topological polar surface area (TPSA) is 61.3 Å². The highest BCUT2D eigenvalue weighted by molar-refractivity contribution is 8.01. The average molecular weight is 304 g/mol. The molecule has 5 nitrogen and oxygen atoms in total. The molecule has 0 saturated carbocycles. The van der Waals surface area contributed by atoms with Crippen LogP contribution in [0.25, 0.3) is 0 Å². The molecular formula is C12H24N4OS2. The van der Waals surface area contributed by atoms with E-state index in [0.29, 0.717) is 0 Å². The zero-order valence-corrected chi connectivity index (χ0v) is 13.8. The van der Waals surface area contributed by atoms with Gasteiger partial charge in [-0.05, 0) is 26.8 Å². The minimum absolute atomic E-state index is 0.147. The highest BCUT2D eigenvalue weighted by Gasteiger charge is 2.19. The Morgan fingerprint density at radius 2 is 2.11 bits per heavy atom. The van der Waals surface area contributed by atoms with Crippen LogP contribution in [0.5, 0.6) is 0 Å². The van der Waals surface area contributed by atoms with Crippen LogP contribution in [0.2, 0.25) is 0 Å². The lowest BCUT2D eigenvalue weighted by atomic mass is 9.96. The van der Waals surface area contributed by atoms with Gasteiger partial charge < -0.3 is 15.3 Å². The SMILES string of the molecule is CNC(C)(CO)CCCCSc1nnc(N(C)C)s1. The molecule has 0 radical (unpaired) electrons. The van der Waals surface area contributed by atoms with Gasteiger partial charge in [0.2, 0.25) is 5.13 Å². The molecular weight excluding hydrogens is 280 g/mol. The Hall–Kier alpha value is -0.370. The third kappa shape index (κ3) is 5.64. The molecule has 1 aromatic rings. The number of anilines is 1. The van der Waals surface area contributed by atoms with E-state index < -0.39 is 0 Å². The van der Waals surface area contributed by atoms with Crippen LogP contribution in [0, 0.1) is 0 Å². The molecule has 1 atom stereocenters. The quantitative estimate of drug-likeness (QED) is 0.536. The van der Waals surface area contributed by atoms with E-state index >= 15 is 0 Å². The Balaban J connectivity index is 2.20. The molecule has 1 aromatic heterocycles. The van der Waals surface area contributed by atoms with Crippen molar-refractivity contribution in [3.05, 3.63) is 0 Å². The summed E-state index contributed by atoms with van der Waals surface area (Å²) in [4.78, 5) is 1.97. The van der Waals surface area contributed by atoms with Crippen molar-refractivity contribution in [3.8, 4) is 0 Å². The van der Waals surface area contributed by atoms with Gasteiger partial charge in [0, 0.05) is 25.4 Å². The van der Waals surface area contributed by atoms with Crippen molar-refractivity contribution in [3.63, 3.8) is 0 Å². The van der Waals surface area contributed by atoms with Gasteiger partial charge in [-0.3, -0.25) is 0 Å². The third-order valence-corrected chi connectivity index (χ3v) is 5.39. The molecule has 0 aliphatic carbocycles. The number of likely N-dealkylation sites (N-methyl/N-ethyl adjacent to an activating group) is 1. The van der Waals surface area contributed by atoms with Crippen molar-refractivity contribution >= 4 is 28.2 Å². The number of aliphatic hydroxyl groups is 1. The normalized spacial score (nSPS) is 14.4. The minimum Gasteiger partial charge on any atom is -0.394 e. The van der Waals surface area contributed by atoms with Crippen LogP contribution in [-0.4, -0.2) is 54.3 Å². The van der Waals surface area contributed by atoms with Gasteiger partial charge >= 0.3 is 0 Å². The predicted octanol–water partition coefficient (Wildman–Crippen LogP) is 1.84. The second-order valence-electron chi connectivity index (χ2n) is 5.02. The fourth-order valence-electron chi connectivity index (χ4n) is 1.50. The van der Waals surface area contributed by atoms with Crippen molar-refractivity contribution in [2.24, 2.45) is 0 Å². The number of rotatable bonds is 9. The van der Waals surface area contributed by atoms with Crippen molar-refractivity contribution in [2.75, 3.05) is 38.4 Å². The monoisotopic (exact) mass is 304 g/mol. The number of hydrogen-bond donors (Lipinski definition) is 2. The summed E-state index contributed by atoms with van der Waals surface area (Å²) in [6.45, 7) is 2.23. The zero-order chi connectivity index (χ0) is 14.3. The lowest BCUT2D eigenvalue weighted by Gasteiger charge is -2.26. The van der Waals surface area contributed by atoms with Gasteiger partial charge in [-0.15, -0.1) is 10.2 Å². The van der Waals surface area contributed by atoms with E-state index in [1.807, 2.05) is 33.0 Å². The van der Waals surface area contributed by atoms with Crippen LogP contribution in [-0.2, 0) is 0 Å². The first-order chi connectivity index (χ1) is 9.00. The molecule has 0 fully saturated rings. The summed E-state index contributed by atoms with van der Waals surface area (Å²) < 4.78 is 1.03. The summed E-state index contributed by atoms with van der Waals surface area (Å²) in [5, 5.41) is 21.7. The molecule has 1 rings (SSSR count).